The summed E-state index contributed by atoms with van der Waals surface area (Å²) in [7, 11) is 0. The third-order valence-corrected chi connectivity index (χ3v) is 6.24. The first kappa shape index (κ1) is 20.7. The molecule has 0 radical (unpaired) electrons. The molecular weight excluding hydrogens is 436 g/mol. The predicted octanol–water partition coefficient (Wildman–Crippen LogP) is 5.60. The molecule has 35 heavy (non-hydrogen) atoms. The summed E-state index contributed by atoms with van der Waals surface area (Å²) in [6.07, 6.45) is 5.81. The molecule has 0 unspecified atom stereocenters. The van der Waals surface area contributed by atoms with E-state index < -0.39 is 0 Å². The fourth-order valence-electron chi connectivity index (χ4n) is 4.48. The molecule has 0 N–H and O–H groups in total. The normalized spacial score (nSPS) is 11.5. The second kappa shape index (κ2) is 8.47. The van der Waals surface area contributed by atoms with Gasteiger partial charge in [-0.15, -0.1) is 0 Å². The average Bonchev–Trinajstić information content (AvgIpc) is 3.53. The van der Waals surface area contributed by atoms with Gasteiger partial charge < -0.3 is 9.30 Å². The predicted molar refractivity (Wildman–Crippen MR) is 132 cm³/mol. The van der Waals surface area contributed by atoms with Crippen LogP contribution in [0, 0.1) is 11.3 Å². The number of carbonyl (C=O) groups is 1. The maximum absolute atomic E-state index is 12.8. The summed E-state index contributed by atoms with van der Waals surface area (Å²) in [6.45, 7) is 0.822. The maximum atomic E-state index is 12.8. The molecule has 6 heteroatoms. The largest absolute Gasteiger partial charge is 0.457 e. The van der Waals surface area contributed by atoms with Crippen LogP contribution < -0.4 is 0 Å². The first-order chi connectivity index (χ1) is 17.2. The number of benzene rings is 3. The summed E-state index contributed by atoms with van der Waals surface area (Å²) < 4.78 is 9.75. The van der Waals surface area contributed by atoms with Crippen LogP contribution in [0.3, 0.4) is 0 Å². The van der Waals surface area contributed by atoms with Crippen LogP contribution in [-0.2, 0) is 17.9 Å². The molecule has 6 nitrogen and oxygen atoms in total. The van der Waals surface area contributed by atoms with Gasteiger partial charge in [-0.2, -0.15) is 5.26 Å². The zero-order valence-corrected chi connectivity index (χ0v) is 18.8. The van der Waals surface area contributed by atoms with Crippen LogP contribution in [0.4, 0.5) is 0 Å². The van der Waals surface area contributed by atoms with Gasteiger partial charge in [0.25, 0.3) is 0 Å². The van der Waals surface area contributed by atoms with E-state index in [0.717, 1.165) is 39.5 Å². The SMILES string of the molecule is N#Cc1ccc(-c2cc3n(c2)Cc2cc(C(=O)OCc4ccccc4)ccc2-n2ccnc2-3)cc1. The topological polar surface area (TPSA) is 72.8 Å². The number of nitriles is 1. The van der Waals surface area contributed by atoms with Crippen LogP contribution in [-0.4, -0.2) is 20.1 Å². The maximum Gasteiger partial charge on any atom is 0.338 e. The van der Waals surface area contributed by atoms with E-state index in [1.807, 2.05) is 72.9 Å². The molecule has 0 atom stereocenters. The number of aromatic nitrogens is 3. The van der Waals surface area contributed by atoms with Crippen LogP contribution in [0.1, 0.15) is 27.0 Å². The molecular formula is C29H20N4O2. The van der Waals surface area contributed by atoms with Crippen molar-refractivity contribution in [2.75, 3.05) is 0 Å². The van der Waals surface area contributed by atoms with E-state index in [9.17, 15) is 4.79 Å². The zero-order valence-electron chi connectivity index (χ0n) is 18.8. The van der Waals surface area contributed by atoms with E-state index in [4.69, 9.17) is 10.00 Å². The molecule has 5 aromatic rings. The Kier molecular flexibility index (Phi) is 5.01. The Bertz CT molecular complexity index is 1590. The van der Waals surface area contributed by atoms with Gasteiger partial charge >= 0.3 is 5.97 Å². The lowest BCUT2D eigenvalue weighted by atomic mass is 10.1. The second-order valence-electron chi connectivity index (χ2n) is 8.46. The molecule has 168 valence electrons. The Morgan fingerprint density at radius 3 is 2.63 bits per heavy atom. The third-order valence-electron chi connectivity index (χ3n) is 6.24. The fraction of sp³-hybridized carbons (Fsp3) is 0.0690. The first-order valence-electron chi connectivity index (χ1n) is 11.3. The Balaban J connectivity index is 1.34. The van der Waals surface area contributed by atoms with Crippen molar-refractivity contribution in [3.8, 4) is 34.4 Å². The van der Waals surface area contributed by atoms with Crippen LogP contribution in [0.25, 0.3) is 28.3 Å². The Morgan fingerprint density at radius 2 is 1.83 bits per heavy atom. The van der Waals surface area contributed by atoms with Crippen molar-refractivity contribution >= 4 is 5.97 Å². The Morgan fingerprint density at radius 1 is 1.00 bits per heavy atom. The van der Waals surface area contributed by atoms with E-state index in [2.05, 4.69) is 32.5 Å². The molecule has 1 aliphatic heterocycles. The minimum Gasteiger partial charge on any atom is -0.457 e. The number of ether oxygens (including phenoxy) is 1. The summed E-state index contributed by atoms with van der Waals surface area (Å²) in [5, 5.41) is 9.10. The van der Waals surface area contributed by atoms with E-state index >= 15 is 0 Å². The number of carbonyl (C=O) groups excluding carboxylic acids is 1. The summed E-state index contributed by atoms with van der Waals surface area (Å²) in [4.78, 5) is 17.4. The van der Waals surface area contributed by atoms with Crippen molar-refractivity contribution in [3.05, 3.63) is 120 Å². The van der Waals surface area contributed by atoms with Gasteiger partial charge in [0, 0.05) is 30.7 Å². The van der Waals surface area contributed by atoms with Crippen molar-refractivity contribution in [2.45, 2.75) is 13.2 Å². The Hall–Kier alpha value is -4.89. The number of imidazole rings is 1. The first-order valence-corrected chi connectivity index (χ1v) is 11.3. The molecule has 3 heterocycles. The monoisotopic (exact) mass is 456 g/mol. The Labute approximate surface area is 202 Å². The lowest BCUT2D eigenvalue weighted by molar-refractivity contribution is 0.0472. The van der Waals surface area contributed by atoms with Crippen molar-refractivity contribution in [3.63, 3.8) is 0 Å². The van der Waals surface area contributed by atoms with Gasteiger partial charge in [-0.1, -0.05) is 42.5 Å². The summed E-state index contributed by atoms with van der Waals surface area (Å²) in [6, 6.07) is 27.1. The molecule has 0 fully saturated rings. The van der Waals surface area contributed by atoms with Crippen LogP contribution in [0.2, 0.25) is 0 Å². The molecule has 0 saturated heterocycles. The number of hydrogen-bond donors (Lipinski definition) is 0. The van der Waals surface area contributed by atoms with Crippen molar-refractivity contribution < 1.29 is 9.53 Å². The minimum atomic E-state index is -0.349. The highest BCUT2D eigenvalue weighted by Gasteiger charge is 2.22. The quantitative estimate of drug-likeness (QED) is 0.324. The summed E-state index contributed by atoms with van der Waals surface area (Å²) in [5.41, 5.74) is 7.14. The number of rotatable bonds is 4. The zero-order chi connectivity index (χ0) is 23.8. The highest BCUT2D eigenvalue weighted by atomic mass is 16.5. The number of fused-ring (bicyclic) bond motifs is 5. The fourth-order valence-corrected chi connectivity index (χ4v) is 4.48. The van der Waals surface area contributed by atoms with Crippen LogP contribution >= 0.6 is 0 Å². The standard InChI is InChI=1S/C29H20N4O2/c30-16-20-6-8-22(9-7-20)24-15-27-28-31-12-13-33(28)26-11-10-23(14-25(26)18-32(27)17-24)29(34)35-19-21-4-2-1-3-5-21/h1-15,17H,18-19H2. The highest BCUT2D eigenvalue weighted by molar-refractivity contribution is 5.90. The molecule has 0 spiro atoms. The molecule has 2 aromatic heterocycles. The van der Waals surface area contributed by atoms with Gasteiger partial charge in [-0.25, -0.2) is 9.78 Å². The van der Waals surface area contributed by atoms with E-state index in [1.165, 1.54) is 0 Å². The molecule has 0 bridgehead atoms. The number of hydrogen-bond acceptors (Lipinski definition) is 4. The third kappa shape index (κ3) is 3.79. The van der Waals surface area contributed by atoms with Gasteiger partial charge in [0.1, 0.15) is 6.61 Å². The van der Waals surface area contributed by atoms with Gasteiger partial charge in [0.15, 0.2) is 5.82 Å². The van der Waals surface area contributed by atoms with Gasteiger partial charge in [-0.3, -0.25) is 4.57 Å². The molecule has 0 saturated carbocycles. The van der Waals surface area contributed by atoms with Crippen molar-refractivity contribution in [1.29, 1.82) is 5.26 Å². The highest BCUT2D eigenvalue weighted by Crippen LogP contribution is 2.34. The van der Waals surface area contributed by atoms with E-state index in [1.54, 1.807) is 12.3 Å². The van der Waals surface area contributed by atoms with Crippen molar-refractivity contribution in [1.82, 2.24) is 14.1 Å². The number of esters is 1. The van der Waals surface area contributed by atoms with E-state index in [-0.39, 0.29) is 12.6 Å². The van der Waals surface area contributed by atoms with Gasteiger partial charge in [0.05, 0.1) is 28.6 Å². The molecule has 6 rings (SSSR count). The van der Waals surface area contributed by atoms with Crippen molar-refractivity contribution in [2.24, 2.45) is 0 Å². The summed E-state index contributed by atoms with van der Waals surface area (Å²) >= 11 is 0. The molecule has 0 amide bonds. The molecule has 1 aliphatic rings. The van der Waals surface area contributed by atoms with Crippen LogP contribution in [0.5, 0.6) is 0 Å². The lowest BCUT2D eigenvalue weighted by Gasteiger charge is -2.12. The molecule has 0 aliphatic carbocycles. The van der Waals surface area contributed by atoms with Gasteiger partial charge in [-0.05, 0) is 53.1 Å². The number of nitrogens with zero attached hydrogens (tertiary/aromatic N) is 4. The van der Waals surface area contributed by atoms with Gasteiger partial charge in [0.2, 0.25) is 0 Å². The lowest BCUT2D eigenvalue weighted by Crippen LogP contribution is -2.08. The average molecular weight is 457 g/mol. The minimum absolute atomic E-state index is 0.234. The molecule has 3 aromatic carbocycles. The summed E-state index contributed by atoms with van der Waals surface area (Å²) in [5.74, 6) is 0.487. The second-order valence-corrected chi connectivity index (χ2v) is 8.46. The smallest absolute Gasteiger partial charge is 0.338 e. The van der Waals surface area contributed by atoms with E-state index in [0.29, 0.717) is 17.7 Å². The van der Waals surface area contributed by atoms with Crippen LogP contribution in [0.15, 0.2) is 97.5 Å².